The summed E-state index contributed by atoms with van der Waals surface area (Å²) in [5.74, 6) is 1.49. The molecular weight excluding hydrogens is 306 g/mol. The van der Waals surface area contributed by atoms with Gasteiger partial charge < -0.3 is 14.6 Å². The van der Waals surface area contributed by atoms with Crippen molar-refractivity contribution in [3.8, 4) is 11.6 Å². The van der Waals surface area contributed by atoms with E-state index in [9.17, 15) is 4.79 Å². The lowest BCUT2D eigenvalue weighted by molar-refractivity contribution is 0.102. The molecule has 24 heavy (non-hydrogen) atoms. The van der Waals surface area contributed by atoms with E-state index in [2.05, 4.69) is 15.5 Å². The molecule has 0 fully saturated rings. The molecule has 6 heteroatoms. The number of hydrogen-bond donors (Lipinski definition) is 1. The lowest BCUT2D eigenvalue weighted by Crippen LogP contribution is -2.13. The summed E-state index contributed by atoms with van der Waals surface area (Å²) in [6.07, 6.45) is 1.58. The van der Waals surface area contributed by atoms with E-state index in [1.807, 2.05) is 32.0 Å². The molecule has 2 aromatic heterocycles. The Morgan fingerprint density at radius 3 is 2.71 bits per heavy atom. The molecule has 1 amide bonds. The maximum Gasteiger partial charge on any atom is 0.262 e. The minimum atomic E-state index is -0.365. The summed E-state index contributed by atoms with van der Waals surface area (Å²) >= 11 is 0. The Balaban J connectivity index is 1.86. The normalized spacial score (nSPS) is 10.5. The number of pyridine rings is 1. The standard InChI is InChI=1S/C18H17N3O3/c1-11-6-7-15(12(2)9-11)23-18-14(5-4-8-19-18)17(22)20-16-10-13(3)24-21-16/h4-10H,1-3H3,(H,20,21,22). The Labute approximate surface area is 139 Å². The second-order valence-corrected chi connectivity index (χ2v) is 5.50. The fourth-order valence-electron chi connectivity index (χ4n) is 2.27. The number of hydrogen-bond acceptors (Lipinski definition) is 5. The first-order valence-electron chi connectivity index (χ1n) is 7.48. The molecule has 122 valence electrons. The predicted octanol–water partition coefficient (Wildman–Crippen LogP) is 4.04. The van der Waals surface area contributed by atoms with Gasteiger partial charge in [-0.25, -0.2) is 4.98 Å². The topological polar surface area (TPSA) is 77.2 Å². The van der Waals surface area contributed by atoms with Crippen LogP contribution < -0.4 is 10.1 Å². The van der Waals surface area contributed by atoms with E-state index in [0.717, 1.165) is 11.1 Å². The number of carbonyl (C=O) groups excluding carboxylic acids is 1. The number of rotatable bonds is 4. The first-order valence-corrected chi connectivity index (χ1v) is 7.48. The van der Waals surface area contributed by atoms with Crippen LogP contribution in [0.15, 0.2) is 47.1 Å². The smallest absolute Gasteiger partial charge is 0.262 e. The summed E-state index contributed by atoms with van der Waals surface area (Å²) in [7, 11) is 0. The van der Waals surface area contributed by atoms with Crippen LogP contribution in [0.5, 0.6) is 11.6 Å². The summed E-state index contributed by atoms with van der Waals surface area (Å²) in [4.78, 5) is 16.6. The van der Waals surface area contributed by atoms with Gasteiger partial charge in [0.05, 0.1) is 0 Å². The van der Waals surface area contributed by atoms with Gasteiger partial charge in [0.1, 0.15) is 17.1 Å². The van der Waals surface area contributed by atoms with Crippen molar-refractivity contribution >= 4 is 11.7 Å². The first kappa shape index (κ1) is 15.7. The van der Waals surface area contributed by atoms with Crippen LogP contribution in [-0.2, 0) is 0 Å². The summed E-state index contributed by atoms with van der Waals surface area (Å²) in [6.45, 7) is 5.71. The molecule has 3 rings (SSSR count). The van der Waals surface area contributed by atoms with E-state index in [4.69, 9.17) is 9.26 Å². The number of benzene rings is 1. The summed E-state index contributed by atoms with van der Waals surface area (Å²) in [5.41, 5.74) is 2.43. The highest BCUT2D eigenvalue weighted by molar-refractivity contribution is 6.05. The maximum absolute atomic E-state index is 12.5. The van der Waals surface area contributed by atoms with Gasteiger partial charge in [-0.3, -0.25) is 4.79 Å². The van der Waals surface area contributed by atoms with Crippen molar-refractivity contribution in [2.24, 2.45) is 0 Å². The van der Waals surface area contributed by atoms with E-state index in [1.54, 1.807) is 31.3 Å². The number of carbonyl (C=O) groups is 1. The Morgan fingerprint density at radius 2 is 2.00 bits per heavy atom. The molecule has 1 N–H and O–H groups in total. The molecule has 6 nitrogen and oxygen atoms in total. The Kier molecular flexibility index (Phi) is 4.29. The van der Waals surface area contributed by atoms with Crippen molar-refractivity contribution in [1.82, 2.24) is 10.1 Å². The predicted molar refractivity (Wildman–Crippen MR) is 89.4 cm³/mol. The molecule has 0 unspecified atom stereocenters. The minimum Gasteiger partial charge on any atom is -0.438 e. The van der Waals surface area contributed by atoms with Crippen LogP contribution >= 0.6 is 0 Å². The highest BCUT2D eigenvalue weighted by atomic mass is 16.5. The fourth-order valence-corrected chi connectivity index (χ4v) is 2.27. The van der Waals surface area contributed by atoms with E-state index in [-0.39, 0.29) is 11.8 Å². The number of anilines is 1. The van der Waals surface area contributed by atoms with Crippen LogP contribution in [0.1, 0.15) is 27.2 Å². The lowest BCUT2D eigenvalue weighted by Gasteiger charge is -2.11. The van der Waals surface area contributed by atoms with Gasteiger partial charge in [-0.2, -0.15) is 0 Å². The zero-order valence-corrected chi connectivity index (χ0v) is 13.7. The molecule has 3 aromatic rings. The molecule has 0 radical (unpaired) electrons. The molecule has 0 atom stereocenters. The second-order valence-electron chi connectivity index (χ2n) is 5.50. The first-order chi connectivity index (χ1) is 11.5. The monoisotopic (exact) mass is 323 g/mol. The number of nitrogens with one attached hydrogen (secondary N) is 1. The number of ether oxygens (including phenoxy) is 1. The molecule has 0 spiro atoms. The van der Waals surface area contributed by atoms with E-state index < -0.39 is 0 Å². The van der Waals surface area contributed by atoms with Crippen molar-refractivity contribution in [2.75, 3.05) is 5.32 Å². The molecule has 0 aliphatic carbocycles. The Bertz CT molecular complexity index is 887. The number of aromatic nitrogens is 2. The van der Waals surface area contributed by atoms with Crippen LogP contribution in [0.25, 0.3) is 0 Å². The minimum absolute atomic E-state index is 0.238. The lowest BCUT2D eigenvalue weighted by atomic mass is 10.1. The maximum atomic E-state index is 12.5. The summed E-state index contributed by atoms with van der Waals surface area (Å²) in [6, 6.07) is 10.8. The van der Waals surface area contributed by atoms with E-state index >= 15 is 0 Å². The van der Waals surface area contributed by atoms with Crippen LogP contribution in [0.3, 0.4) is 0 Å². The van der Waals surface area contributed by atoms with Gasteiger partial charge in [-0.15, -0.1) is 0 Å². The highest BCUT2D eigenvalue weighted by Crippen LogP contribution is 2.27. The molecule has 0 saturated carbocycles. The van der Waals surface area contributed by atoms with Crippen LogP contribution in [0, 0.1) is 20.8 Å². The quantitative estimate of drug-likeness (QED) is 0.784. The third-order valence-corrected chi connectivity index (χ3v) is 3.42. The third-order valence-electron chi connectivity index (χ3n) is 3.42. The second kappa shape index (κ2) is 6.54. The van der Waals surface area contributed by atoms with Gasteiger partial charge in [0.2, 0.25) is 5.88 Å². The van der Waals surface area contributed by atoms with Crippen LogP contribution in [-0.4, -0.2) is 16.0 Å². The van der Waals surface area contributed by atoms with Crippen LogP contribution in [0.4, 0.5) is 5.82 Å². The average Bonchev–Trinajstić information content (AvgIpc) is 2.95. The highest BCUT2D eigenvalue weighted by Gasteiger charge is 2.16. The van der Waals surface area contributed by atoms with Gasteiger partial charge in [-0.05, 0) is 44.5 Å². The number of amides is 1. The fraction of sp³-hybridized carbons (Fsp3) is 0.167. The van der Waals surface area contributed by atoms with Gasteiger partial charge >= 0.3 is 0 Å². The van der Waals surface area contributed by atoms with Gasteiger partial charge in [0.25, 0.3) is 5.91 Å². The van der Waals surface area contributed by atoms with E-state index in [1.165, 1.54) is 0 Å². The van der Waals surface area contributed by atoms with Gasteiger partial charge in [-0.1, -0.05) is 22.9 Å². The number of aryl methyl sites for hydroxylation is 3. The molecule has 0 aliphatic rings. The van der Waals surface area contributed by atoms with E-state index in [0.29, 0.717) is 22.9 Å². The van der Waals surface area contributed by atoms with Gasteiger partial charge in [0.15, 0.2) is 5.82 Å². The Hall–Kier alpha value is -3.15. The SMILES string of the molecule is Cc1ccc(Oc2ncccc2C(=O)Nc2cc(C)on2)c(C)c1. The van der Waals surface area contributed by atoms with Crippen molar-refractivity contribution in [3.63, 3.8) is 0 Å². The van der Waals surface area contributed by atoms with Crippen molar-refractivity contribution in [1.29, 1.82) is 0 Å². The average molecular weight is 323 g/mol. The molecule has 0 bridgehead atoms. The molecule has 1 aromatic carbocycles. The molecule has 0 aliphatic heterocycles. The van der Waals surface area contributed by atoms with Crippen LogP contribution in [0.2, 0.25) is 0 Å². The molecular formula is C18H17N3O3. The summed E-state index contributed by atoms with van der Waals surface area (Å²) in [5, 5.41) is 6.42. The van der Waals surface area contributed by atoms with Gasteiger partial charge in [0, 0.05) is 12.3 Å². The summed E-state index contributed by atoms with van der Waals surface area (Å²) < 4.78 is 10.8. The molecule has 0 saturated heterocycles. The zero-order valence-electron chi connectivity index (χ0n) is 13.7. The largest absolute Gasteiger partial charge is 0.438 e. The van der Waals surface area contributed by atoms with Crippen molar-refractivity contribution in [3.05, 3.63) is 65.0 Å². The number of nitrogens with zero attached hydrogens (tertiary/aromatic N) is 2. The zero-order chi connectivity index (χ0) is 17.1. The van der Waals surface area contributed by atoms with Crippen molar-refractivity contribution in [2.45, 2.75) is 20.8 Å². The molecule has 2 heterocycles. The Morgan fingerprint density at radius 1 is 1.17 bits per heavy atom. The van der Waals surface area contributed by atoms with Crippen molar-refractivity contribution < 1.29 is 14.1 Å². The third kappa shape index (κ3) is 3.43.